The van der Waals surface area contributed by atoms with Crippen LogP contribution in [0.1, 0.15) is 27.2 Å². The van der Waals surface area contributed by atoms with E-state index in [1.807, 2.05) is 55.6 Å². The zero-order valence-corrected chi connectivity index (χ0v) is 16.0. The van der Waals surface area contributed by atoms with Crippen molar-refractivity contribution >= 4 is 23.2 Å². The maximum Gasteiger partial charge on any atom is 0.323 e. The van der Waals surface area contributed by atoms with Crippen LogP contribution in [0.3, 0.4) is 0 Å². The Morgan fingerprint density at radius 1 is 1.07 bits per heavy atom. The van der Waals surface area contributed by atoms with Crippen LogP contribution in [0.2, 0.25) is 0 Å². The summed E-state index contributed by atoms with van der Waals surface area (Å²) in [7, 11) is 0. The number of hydrogen-bond donors (Lipinski definition) is 1. The molecular weight excluding hydrogens is 360 g/mol. The molecule has 2 aromatic carbocycles. The molecule has 6 heteroatoms. The quantitative estimate of drug-likeness (QED) is 0.697. The number of thiazole rings is 1. The molecule has 0 aliphatic heterocycles. The first kappa shape index (κ1) is 18.8. The summed E-state index contributed by atoms with van der Waals surface area (Å²) >= 11 is 1.55. The van der Waals surface area contributed by atoms with E-state index in [2.05, 4.69) is 4.98 Å². The molecule has 5 nitrogen and oxygen atoms in total. The van der Waals surface area contributed by atoms with Crippen LogP contribution in [0, 0.1) is 13.8 Å². The Morgan fingerprint density at radius 3 is 2.37 bits per heavy atom. The Kier molecular flexibility index (Phi) is 5.66. The van der Waals surface area contributed by atoms with Gasteiger partial charge in [0.15, 0.2) is 0 Å². The van der Waals surface area contributed by atoms with Crippen LogP contribution in [0.5, 0.6) is 0 Å². The molecule has 0 spiro atoms. The van der Waals surface area contributed by atoms with E-state index in [4.69, 9.17) is 0 Å². The first-order chi connectivity index (χ1) is 12.9. The summed E-state index contributed by atoms with van der Waals surface area (Å²) in [5, 5.41) is 12.1. The predicted molar refractivity (Wildman–Crippen MR) is 106 cm³/mol. The van der Waals surface area contributed by atoms with Crippen molar-refractivity contribution < 1.29 is 14.7 Å². The molecule has 27 heavy (non-hydrogen) atoms. The van der Waals surface area contributed by atoms with Crippen molar-refractivity contribution in [2.45, 2.75) is 20.4 Å². The van der Waals surface area contributed by atoms with Gasteiger partial charge in [0.2, 0.25) is 0 Å². The third kappa shape index (κ3) is 4.60. The fourth-order valence-corrected chi connectivity index (χ4v) is 3.58. The number of rotatable bonds is 6. The third-order valence-corrected chi connectivity index (χ3v) is 5.24. The average Bonchev–Trinajstić information content (AvgIpc) is 3.08. The van der Waals surface area contributed by atoms with Crippen LogP contribution in [-0.2, 0) is 11.3 Å². The van der Waals surface area contributed by atoms with Gasteiger partial charge in [-0.25, -0.2) is 4.98 Å². The van der Waals surface area contributed by atoms with Gasteiger partial charge in [-0.2, -0.15) is 0 Å². The molecule has 1 N–H and O–H groups in total. The first-order valence-electron chi connectivity index (χ1n) is 8.52. The van der Waals surface area contributed by atoms with Crippen LogP contribution < -0.4 is 0 Å². The van der Waals surface area contributed by atoms with Crippen LogP contribution in [0.25, 0.3) is 10.6 Å². The summed E-state index contributed by atoms with van der Waals surface area (Å²) in [5.74, 6) is -1.34. The lowest BCUT2D eigenvalue weighted by molar-refractivity contribution is -0.137. The second-order valence-corrected chi connectivity index (χ2v) is 7.21. The molecule has 0 aliphatic carbocycles. The highest BCUT2D eigenvalue weighted by atomic mass is 32.1. The number of amides is 1. The summed E-state index contributed by atoms with van der Waals surface area (Å²) in [5.41, 5.74) is 4.31. The van der Waals surface area contributed by atoms with E-state index in [0.29, 0.717) is 5.56 Å². The van der Waals surface area contributed by atoms with Gasteiger partial charge in [-0.05, 0) is 37.1 Å². The molecule has 0 atom stereocenters. The fourth-order valence-electron chi connectivity index (χ4n) is 2.78. The van der Waals surface area contributed by atoms with Crippen molar-refractivity contribution in [2.75, 3.05) is 6.54 Å². The molecule has 0 aliphatic rings. The summed E-state index contributed by atoms with van der Waals surface area (Å²) in [6.07, 6.45) is 0. The van der Waals surface area contributed by atoms with E-state index in [-0.39, 0.29) is 19.0 Å². The smallest absolute Gasteiger partial charge is 0.323 e. The predicted octanol–water partition coefficient (Wildman–Crippen LogP) is 4.15. The number of aromatic nitrogens is 1. The lowest BCUT2D eigenvalue weighted by Crippen LogP contribution is -2.35. The van der Waals surface area contributed by atoms with Gasteiger partial charge in [-0.1, -0.05) is 36.4 Å². The highest BCUT2D eigenvalue weighted by molar-refractivity contribution is 7.13. The molecule has 0 saturated carbocycles. The molecule has 3 rings (SSSR count). The van der Waals surface area contributed by atoms with Crippen LogP contribution in [0.15, 0.2) is 53.9 Å². The van der Waals surface area contributed by atoms with Crippen molar-refractivity contribution in [3.8, 4) is 10.6 Å². The van der Waals surface area contributed by atoms with Gasteiger partial charge in [0, 0.05) is 28.7 Å². The van der Waals surface area contributed by atoms with E-state index in [9.17, 15) is 14.7 Å². The molecule has 1 amide bonds. The monoisotopic (exact) mass is 380 g/mol. The highest BCUT2D eigenvalue weighted by Gasteiger charge is 2.20. The summed E-state index contributed by atoms with van der Waals surface area (Å²) < 4.78 is 0. The number of carbonyl (C=O) groups excluding carboxylic acids is 1. The van der Waals surface area contributed by atoms with E-state index >= 15 is 0 Å². The molecule has 0 saturated heterocycles. The van der Waals surface area contributed by atoms with E-state index in [1.54, 1.807) is 23.5 Å². The largest absolute Gasteiger partial charge is 0.480 e. The molecule has 0 bridgehead atoms. The van der Waals surface area contributed by atoms with Gasteiger partial charge in [0.05, 0.1) is 0 Å². The number of carboxylic acid groups (broad SMARTS) is 1. The minimum absolute atomic E-state index is 0.255. The maximum absolute atomic E-state index is 12.9. The molecule has 1 heterocycles. The number of benzene rings is 2. The molecule has 0 radical (unpaired) electrons. The maximum atomic E-state index is 12.9. The topological polar surface area (TPSA) is 70.5 Å². The Labute approximate surface area is 161 Å². The summed E-state index contributed by atoms with van der Waals surface area (Å²) in [6, 6.07) is 14.8. The number of carbonyl (C=O) groups is 2. The summed E-state index contributed by atoms with van der Waals surface area (Å²) in [4.78, 5) is 30.0. The van der Waals surface area contributed by atoms with Crippen molar-refractivity contribution in [1.29, 1.82) is 0 Å². The Balaban J connectivity index is 1.83. The van der Waals surface area contributed by atoms with Gasteiger partial charge in [-0.3, -0.25) is 9.59 Å². The molecule has 138 valence electrons. The Morgan fingerprint density at radius 2 is 1.78 bits per heavy atom. The van der Waals surface area contributed by atoms with Crippen molar-refractivity contribution in [1.82, 2.24) is 9.88 Å². The standard InChI is InChI=1S/C21H20N2O3S/c1-14-5-3-4-6-18(14)11-23(12-19(24)25)21(26)17-9-7-16(8-10-17)20-22-15(2)13-27-20/h3-10,13H,11-12H2,1-2H3,(H,24,25). The molecule has 0 unspecified atom stereocenters. The number of carboxylic acids is 1. The SMILES string of the molecule is Cc1csc(-c2ccc(C(=O)N(CC(=O)O)Cc3ccccc3C)cc2)n1. The lowest BCUT2D eigenvalue weighted by atomic mass is 10.1. The molecule has 1 aromatic heterocycles. The van der Waals surface area contributed by atoms with E-state index in [0.717, 1.165) is 27.4 Å². The molecule has 3 aromatic rings. The van der Waals surface area contributed by atoms with E-state index < -0.39 is 5.97 Å². The highest BCUT2D eigenvalue weighted by Crippen LogP contribution is 2.24. The zero-order chi connectivity index (χ0) is 19.4. The fraction of sp³-hybridized carbons (Fsp3) is 0.190. The van der Waals surface area contributed by atoms with Crippen LogP contribution >= 0.6 is 11.3 Å². The second-order valence-electron chi connectivity index (χ2n) is 6.35. The van der Waals surface area contributed by atoms with Gasteiger partial charge in [0.1, 0.15) is 11.6 Å². The zero-order valence-electron chi connectivity index (χ0n) is 15.2. The van der Waals surface area contributed by atoms with E-state index in [1.165, 1.54) is 4.90 Å². The van der Waals surface area contributed by atoms with Gasteiger partial charge < -0.3 is 10.0 Å². The normalized spacial score (nSPS) is 10.6. The van der Waals surface area contributed by atoms with Crippen molar-refractivity contribution in [3.63, 3.8) is 0 Å². The first-order valence-corrected chi connectivity index (χ1v) is 9.40. The molecule has 0 fully saturated rings. The second kappa shape index (κ2) is 8.14. The van der Waals surface area contributed by atoms with Crippen molar-refractivity contribution in [3.05, 3.63) is 76.3 Å². The van der Waals surface area contributed by atoms with Gasteiger partial charge in [-0.15, -0.1) is 11.3 Å². The Bertz CT molecular complexity index is 964. The van der Waals surface area contributed by atoms with Crippen molar-refractivity contribution in [2.24, 2.45) is 0 Å². The minimum Gasteiger partial charge on any atom is -0.480 e. The Hall–Kier alpha value is -2.99. The van der Waals surface area contributed by atoms with Crippen LogP contribution in [-0.4, -0.2) is 33.4 Å². The number of aliphatic carboxylic acids is 1. The van der Waals surface area contributed by atoms with Gasteiger partial charge >= 0.3 is 5.97 Å². The number of aryl methyl sites for hydroxylation is 2. The average molecular weight is 380 g/mol. The lowest BCUT2D eigenvalue weighted by Gasteiger charge is -2.22. The third-order valence-electron chi connectivity index (χ3n) is 4.23. The number of nitrogens with zero attached hydrogens (tertiary/aromatic N) is 2. The van der Waals surface area contributed by atoms with Gasteiger partial charge in [0.25, 0.3) is 5.91 Å². The molecular formula is C21H20N2O3S. The van der Waals surface area contributed by atoms with Crippen LogP contribution in [0.4, 0.5) is 0 Å². The number of hydrogen-bond acceptors (Lipinski definition) is 4. The summed E-state index contributed by atoms with van der Waals surface area (Å²) in [6.45, 7) is 3.79. The minimum atomic E-state index is -1.04.